The molecular formula is C21H24N2O3. The second-order valence-corrected chi connectivity index (χ2v) is 6.58. The number of hydrogen-bond acceptors (Lipinski definition) is 3. The summed E-state index contributed by atoms with van der Waals surface area (Å²) in [5.74, 6) is 0.174. The van der Waals surface area contributed by atoms with Crippen molar-refractivity contribution in [2.75, 3.05) is 18.5 Å². The Labute approximate surface area is 154 Å². The molecule has 0 aromatic heterocycles. The Morgan fingerprint density at radius 1 is 1.23 bits per heavy atom. The van der Waals surface area contributed by atoms with Crippen LogP contribution in [0.1, 0.15) is 24.5 Å². The van der Waals surface area contributed by atoms with Gasteiger partial charge in [0.15, 0.2) is 0 Å². The van der Waals surface area contributed by atoms with Gasteiger partial charge in [-0.3, -0.25) is 9.59 Å². The first-order chi connectivity index (χ1) is 12.6. The third-order valence-electron chi connectivity index (χ3n) is 4.49. The lowest BCUT2D eigenvalue weighted by molar-refractivity contribution is -0.128. The van der Waals surface area contributed by atoms with Gasteiger partial charge in [-0.05, 0) is 31.5 Å². The summed E-state index contributed by atoms with van der Waals surface area (Å²) in [4.78, 5) is 26.7. The van der Waals surface area contributed by atoms with Gasteiger partial charge in [0.05, 0.1) is 18.2 Å². The van der Waals surface area contributed by atoms with Crippen LogP contribution < -0.4 is 10.1 Å². The highest BCUT2D eigenvalue weighted by Crippen LogP contribution is 2.27. The third kappa shape index (κ3) is 4.23. The van der Waals surface area contributed by atoms with E-state index in [1.807, 2.05) is 56.3 Å². The van der Waals surface area contributed by atoms with Gasteiger partial charge in [0.2, 0.25) is 11.8 Å². The number of para-hydroxylation sites is 2. The van der Waals surface area contributed by atoms with Crippen molar-refractivity contribution < 1.29 is 14.3 Å². The summed E-state index contributed by atoms with van der Waals surface area (Å²) in [6.45, 7) is 5.44. The lowest BCUT2D eigenvalue weighted by atomic mass is 10.1. The zero-order valence-corrected chi connectivity index (χ0v) is 15.2. The topological polar surface area (TPSA) is 58.6 Å². The number of nitrogens with zero attached hydrogens (tertiary/aromatic N) is 1. The fourth-order valence-electron chi connectivity index (χ4n) is 3.22. The zero-order chi connectivity index (χ0) is 18.5. The van der Waals surface area contributed by atoms with E-state index in [-0.39, 0.29) is 24.2 Å². The molecule has 1 atom stereocenters. The lowest BCUT2D eigenvalue weighted by Crippen LogP contribution is -2.28. The summed E-state index contributed by atoms with van der Waals surface area (Å²) in [7, 11) is 0. The summed E-state index contributed by atoms with van der Waals surface area (Å²) in [5.41, 5.74) is 2.89. The Balaban J connectivity index is 1.64. The first kappa shape index (κ1) is 18.0. The molecule has 0 radical (unpaired) electrons. The van der Waals surface area contributed by atoms with E-state index < -0.39 is 0 Å². The molecule has 1 aliphatic heterocycles. The molecule has 1 aliphatic rings. The normalized spacial score (nSPS) is 16.6. The van der Waals surface area contributed by atoms with E-state index in [9.17, 15) is 9.59 Å². The van der Waals surface area contributed by atoms with Crippen molar-refractivity contribution in [3.63, 3.8) is 0 Å². The minimum Gasteiger partial charge on any atom is -0.492 e. The maximum atomic E-state index is 12.6. The van der Waals surface area contributed by atoms with E-state index in [1.54, 1.807) is 4.90 Å². The number of carbonyl (C=O) groups excluding carboxylic acids is 2. The third-order valence-corrected chi connectivity index (χ3v) is 4.49. The maximum absolute atomic E-state index is 12.6. The van der Waals surface area contributed by atoms with Gasteiger partial charge in [0.1, 0.15) is 5.75 Å². The first-order valence-corrected chi connectivity index (χ1v) is 8.93. The van der Waals surface area contributed by atoms with Gasteiger partial charge < -0.3 is 15.0 Å². The predicted molar refractivity (Wildman–Crippen MR) is 101 cm³/mol. The second-order valence-electron chi connectivity index (χ2n) is 6.58. The van der Waals surface area contributed by atoms with Gasteiger partial charge in [-0.1, -0.05) is 42.0 Å². The fraction of sp³-hybridized carbons (Fsp3) is 0.333. The quantitative estimate of drug-likeness (QED) is 0.867. The Morgan fingerprint density at radius 3 is 2.81 bits per heavy atom. The van der Waals surface area contributed by atoms with Crippen molar-refractivity contribution in [3.8, 4) is 5.75 Å². The molecule has 1 heterocycles. The molecule has 2 aromatic rings. The number of nitrogens with one attached hydrogen (secondary N) is 1. The summed E-state index contributed by atoms with van der Waals surface area (Å²) < 4.78 is 5.54. The SMILES string of the molecule is CCOc1ccccc1NC(=O)C1CC(=O)N(Cc2cccc(C)c2)C1. The monoisotopic (exact) mass is 352 g/mol. The van der Waals surface area contributed by atoms with Crippen LogP contribution in [0.4, 0.5) is 5.69 Å². The molecule has 0 aliphatic carbocycles. The zero-order valence-electron chi connectivity index (χ0n) is 15.2. The van der Waals surface area contributed by atoms with E-state index >= 15 is 0 Å². The van der Waals surface area contributed by atoms with E-state index in [0.717, 1.165) is 11.1 Å². The summed E-state index contributed by atoms with van der Waals surface area (Å²) in [5, 5.41) is 2.91. The summed E-state index contributed by atoms with van der Waals surface area (Å²) in [6.07, 6.45) is 0.244. The molecule has 5 nitrogen and oxygen atoms in total. The Hall–Kier alpha value is -2.82. The van der Waals surface area contributed by atoms with Crippen LogP contribution in [0.5, 0.6) is 5.75 Å². The minimum absolute atomic E-state index is 0.0183. The average Bonchev–Trinajstić information content (AvgIpc) is 2.98. The van der Waals surface area contributed by atoms with Gasteiger partial charge in [-0.2, -0.15) is 0 Å². The Bertz CT molecular complexity index is 803. The number of ether oxygens (including phenoxy) is 1. The van der Waals surface area contributed by atoms with Crippen LogP contribution >= 0.6 is 0 Å². The summed E-state index contributed by atoms with van der Waals surface area (Å²) >= 11 is 0. The van der Waals surface area contributed by atoms with E-state index in [0.29, 0.717) is 31.1 Å². The Kier molecular flexibility index (Phi) is 5.56. The number of rotatable bonds is 6. The summed E-state index contributed by atoms with van der Waals surface area (Å²) in [6, 6.07) is 15.4. The minimum atomic E-state index is -0.345. The highest BCUT2D eigenvalue weighted by molar-refractivity contribution is 5.98. The molecule has 1 fully saturated rings. The highest BCUT2D eigenvalue weighted by atomic mass is 16.5. The van der Waals surface area contributed by atoms with Gasteiger partial charge in [-0.25, -0.2) is 0 Å². The molecule has 1 N–H and O–H groups in total. The molecule has 1 saturated heterocycles. The largest absolute Gasteiger partial charge is 0.492 e. The van der Waals surface area contributed by atoms with Crippen molar-refractivity contribution in [2.24, 2.45) is 5.92 Å². The van der Waals surface area contributed by atoms with Crippen LogP contribution in [-0.2, 0) is 16.1 Å². The second kappa shape index (κ2) is 8.04. The first-order valence-electron chi connectivity index (χ1n) is 8.93. The molecule has 2 amide bonds. The number of anilines is 1. The number of amides is 2. The van der Waals surface area contributed by atoms with E-state index in [4.69, 9.17) is 4.74 Å². The smallest absolute Gasteiger partial charge is 0.229 e. The number of aryl methyl sites for hydroxylation is 1. The van der Waals surface area contributed by atoms with Crippen LogP contribution in [0.25, 0.3) is 0 Å². The van der Waals surface area contributed by atoms with Crippen molar-refractivity contribution in [3.05, 3.63) is 59.7 Å². The van der Waals surface area contributed by atoms with Crippen molar-refractivity contribution in [1.29, 1.82) is 0 Å². The number of carbonyl (C=O) groups is 2. The number of likely N-dealkylation sites (tertiary alicyclic amines) is 1. The van der Waals surface area contributed by atoms with Crippen molar-refractivity contribution in [1.82, 2.24) is 4.90 Å². The van der Waals surface area contributed by atoms with Gasteiger partial charge in [0.25, 0.3) is 0 Å². The number of hydrogen-bond donors (Lipinski definition) is 1. The maximum Gasteiger partial charge on any atom is 0.229 e. The fourth-order valence-corrected chi connectivity index (χ4v) is 3.22. The van der Waals surface area contributed by atoms with Crippen molar-refractivity contribution in [2.45, 2.75) is 26.8 Å². The van der Waals surface area contributed by atoms with Crippen LogP contribution in [0.2, 0.25) is 0 Å². The molecule has 5 heteroatoms. The predicted octanol–water partition coefficient (Wildman–Crippen LogP) is 3.38. The molecule has 2 aromatic carbocycles. The van der Waals surface area contributed by atoms with Crippen LogP contribution in [0.15, 0.2) is 48.5 Å². The number of benzene rings is 2. The molecule has 136 valence electrons. The van der Waals surface area contributed by atoms with Gasteiger partial charge in [0, 0.05) is 19.5 Å². The van der Waals surface area contributed by atoms with Crippen LogP contribution in [0, 0.1) is 12.8 Å². The molecule has 0 spiro atoms. The van der Waals surface area contributed by atoms with E-state index in [2.05, 4.69) is 11.4 Å². The van der Waals surface area contributed by atoms with Gasteiger partial charge >= 0.3 is 0 Å². The van der Waals surface area contributed by atoms with Crippen molar-refractivity contribution >= 4 is 17.5 Å². The molecule has 0 bridgehead atoms. The van der Waals surface area contributed by atoms with Crippen LogP contribution in [0.3, 0.4) is 0 Å². The standard InChI is InChI=1S/C21H24N2O3/c1-3-26-19-10-5-4-9-18(19)22-21(25)17-12-20(24)23(14-17)13-16-8-6-7-15(2)11-16/h4-11,17H,3,12-14H2,1-2H3,(H,22,25). The lowest BCUT2D eigenvalue weighted by Gasteiger charge is -2.17. The molecule has 0 saturated carbocycles. The van der Waals surface area contributed by atoms with Crippen LogP contribution in [-0.4, -0.2) is 29.9 Å². The molecular weight excluding hydrogens is 328 g/mol. The highest BCUT2D eigenvalue weighted by Gasteiger charge is 2.34. The molecule has 3 rings (SSSR count). The average molecular weight is 352 g/mol. The van der Waals surface area contributed by atoms with E-state index in [1.165, 1.54) is 0 Å². The Morgan fingerprint density at radius 2 is 2.04 bits per heavy atom. The molecule has 1 unspecified atom stereocenters. The molecule has 26 heavy (non-hydrogen) atoms. The van der Waals surface area contributed by atoms with Gasteiger partial charge in [-0.15, -0.1) is 0 Å².